The molecule has 25 heavy (non-hydrogen) atoms. The Balaban J connectivity index is 1.72. The molecule has 132 valence electrons. The van der Waals surface area contributed by atoms with Gasteiger partial charge in [0.25, 0.3) is 5.91 Å². The molecular weight excluding hydrogens is 340 g/mol. The van der Waals surface area contributed by atoms with E-state index in [1.165, 1.54) is 6.33 Å². The molecule has 2 aromatic rings. The third kappa shape index (κ3) is 4.20. The van der Waals surface area contributed by atoms with Crippen LogP contribution in [-0.4, -0.2) is 36.1 Å². The molecule has 0 bridgehead atoms. The molecule has 3 rings (SSSR count). The summed E-state index contributed by atoms with van der Waals surface area (Å²) in [6, 6.07) is 6.82. The molecule has 1 N–H and O–H groups in total. The van der Waals surface area contributed by atoms with Crippen LogP contribution in [0.25, 0.3) is 0 Å². The number of piperidine rings is 1. The molecule has 1 saturated heterocycles. The standard InChI is InChI=1S/C18H21ClN4O2/c1-12-5-7-23(8-6-12)17-10-15(20-11-21-17)18(24)22-13-3-4-16(25-2)14(19)9-13/h3-4,9-12H,5-8H2,1-2H3,(H,22,24). The molecule has 1 fully saturated rings. The smallest absolute Gasteiger partial charge is 0.274 e. The summed E-state index contributed by atoms with van der Waals surface area (Å²) in [6.07, 6.45) is 3.70. The van der Waals surface area contributed by atoms with Crippen LogP contribution in [-0.2, 0) is 0 Å². The largest absolute Gasteiger partial charge is 0.495 e. The number of aromatic nitrogens is 2. The van der Waals surface area contributed by atoms with Crippen LogP contribution in [0.3, 0.4) is 0 Å². The number of hydrogen-bond donors (Lipinski definition) is 1. The predicted molar refractivity (Wildman–Crippen MR) is 98.6 cm³/mol. The highest BCUT2D eigenvalue weighted by Crippen LogP contribution is 2.27. The topological polar surface area (TPSA) is 67.3 Å². The molecule has 0 atom stereocenters. The molecule has 0 aliphatic carbocycles. The van der Waals surface area contributed by atoms with Crippen molar-refractivity contribution in [1.82, 2.24) is 9.97 Å². The molecule has 1 amide bonds. The Morgan fingerprint density at radius 3 is 2.72 bits per heavy atom. The van der Waals surface area contributed by atoms with Gasteiger partial charge in [-0.05, 0) is 37.0 Å². The average molecular weight is 361 g/mol. The maximum atomic E-state index is 12.5. The molecule has 1 aromatic heterocycles. The van der Waals surface area contributed by atoms with Crippen molar-refractivity contribution in [2.75, 3.05) is 30.4 Å². The Bertz CT molecular complexity index is 760. The van der Waals surface area contributed by atoms with Crippen molar-refractivity contribution in [1.29, 1.82) is 0 Å². The highest BCUT2D eigenvalue weighted by molar-refractivity contribution is 6.32. The zero-order chi connectivity index (χ0) is 17.8. The first-order valence-corrected chi connectivity index (χ1v) is 8.66. The number of anilines is 2. The maximum Gasteiger partial charge on any atom is 0.274 e. The van der Waals surface area contributed by atoms with Crippen LogP contribution in [0.5, 0.6) is 5.75 Å². The summed E-state index contributed by atoms with van der Waals surface area (Å²) in [5.41, 5.74) is 0.915. The zero-order valence-electron chi connectivity index (χ0n) is 14.3. The second-order valence-electron chi connectivity index (χ2n) is 6.23. The first-order valence-electron chi connectivity index (χ1n) is 8.28. The Labute approximate surface area is 152 Å². The van der Waals surface area contributed by atoms with Crippen molar-refractivity contribution < 1.29 is 9.53 Å². The Morgan fingerprint density at radius 2 is 2.04 bits per heavy atom. The van der Waals surface area contributed by atoms with Gasteiger partial charge in [0.1, 0.15) is 23.6 Å². The third-order valence-corrected chi connectivity index (χ3v) is 4.70. The first-order chi connectivity index (χ1) is 12.1. The van der Waals surface area contributed by atoms with Gasteiger partial charge in [-0.15, -0.1) is 0 Å². The van der Waals surface area contributed by atoms with Gasteiger partial charge >= 0.3 is 0 Å². The lowest BCUT2D eigenvalue weighted by Gasteiger charge is -2.31. The van der Waals surface area contributed by atoms with Crippen molar-refractivity contribution in [3.8, 4) is 5.75 Å². The normalized spacial score (nSPS) is 15.1. The van der Waals surface area contributed by atoms with E-state index in [9.17, 15) is 4.79 Å². The Morgan fingerprint density at radius 1 is 1.28 bits per heavy atom. The lowest BCUT2D eigenvalue weighted by molar-refractivity contribution is 0.102. The van der Waals surface area contributed by atoms with Crippen LogP contribution >= 0.6 is 11.6 Å². The fraction of sp³-hybridized carbons (Fsp3) is 0.389. The van der Waals surface area contributed by atoms with E-state index < -0.39 is 0 Å². The van der Waals surface area contributed by atoms with Crippen molar-refractivity contribution >= 4 is 29.0 Å². The molecule has 6 nitrogen and oxygen atoms in total. The molecule has 0 unspecified atom stereocenters. The predicted octanol–water partition coefficient (Wildman–Crippen LogP) is 3.63. The quantitative estimate of drug-likeness (QED) is 0.901. The van der Waals surface area contributed by atoms with Crippen LogP contribution < -0.4 is 15.0 Å². The Kier molecular flexibility index (Phi) is 5.38. The van der Waals surface area contributed by atoms with E-state index in [-0.39, 0.29) is 5.91 Å². The van der Waals surface area contributed by atoms with Gasteiger partial charge in [0, 0.05) is 24.8 Å². The number of benzene rings is 1. The van der Waals surface area contributed by atoms with E-state index >= 15 is 0 Å². The van der Waals surface area contributed by atoms with Gasteiger partial charge in [-0.25, -0.2) is 9.97 Å². The number of nitrogens with one attached hydrogen (secondary N) is 1. The average Bonchev–Trinajstić information content (AvgIpc) is 2.62. The second kappa shape index (κ2) is 7.70. The molecule has 2 heterocycles. The van der Waals surface area contributed by atoms with E-state index in [0.29, 0.717) is 22.2 Å². The summed E-state index contributed by atoms with van der Waals surface area (Å²) < 4.78 is 5.11. The minimum atomic E-state index is -0.296. The molecule has 1 aliphatic rings. The number of carbonyl (C=O) groups is 1. The van der Waals surface area contributed by atoms with Gasteiger partial charge in [-0.3, -0.25) is 4.79 Å². The first kappa shape index (κ1) is 17.5. The summed E-state index contributed by atoms with van der Waals surface area (Å²) in [5.74, 6) is 1.79. The van der Waals surface area contributed by atoms with E-state index in [2.05, 4.69) is 27.1 Å². The zero-order valence-corrected chi connectivity index (χ0v) is 15.1. The highest BCUT2D eigenvalue weighted by Gasteiger charge is 2.18. The van der Waals surface area contributed by atoms with Crippen LogP contribution in [0, 0.1) is 5.92 Å². The van der Waals surface area contributed by atoms with Crippen LogP contribution in [0.15, 0.2) is 30.6 Å². The lowest BCUT2D eigenvalue weighted by Crippen LogP contribution is -2.33. The van der Waals surface area contributed by atoms with Gasteiger partial charge in [0.15, 0.2) is 0 Å². The SMILES string of the molecule is COc1ccc(NC(=O)c2cc(N3CCC(C)CC3)ncn2)cc1Cl. The molecule has 0 spiro atoms. The maximum absolute atomic E-state index is 12.5. The number of methoxy groups -OCH3 is 1. The number of hydrogen-bond acceptors (Lipinski definition) is 5. The summed E-state index contributed by atoms with van der Waals surface area (Å²) in [7, 11) is 1.54. The van der Waals surface area contributed by atoms with E-state index in [1.54, 1.807) is 31.4 Å². The molecule has 1 aliphatic heterocycles. The number of rotatable bonds is 4. The minimum Gasteiger partial charge on any atom is -0.495 e. The summed E-state index contributed by atoms with van der Waals surface area (Å²) in [5, 5.41) is 3.24. The number of ether oxygens (including phenoxy) is 1. The molecule has 1 aromatic carbocycles. The van der Waals surface area contributed by atoms with Crippen LogP contribution in [0.2, 0.25) is 5.02 Å². The number of nitrogens with zero attached hydrogens (tertiary/aromatic N) is 3. The monoisotopic (exact) mass is 360 g/mol. The van der Waals surface area contributed by atoms with Gasteiger partial charge in [0.05, 0.1) is 12.1 Å². The van der Waals surface area contributed by atoms with Crippen molar-refractivity contribution in [3.05, 3.63) is 41.3 Å². The van der Waals surface area contributed by atoms with Crippen LogP contribution in [0.1, 0.15) is 30.3 Å². The third-order valence-electron chi connectivity index (χ3n) is 4.40. The summed E-state index contributed by atoms with van der Waals surface area (Å²) >= 11 is 6.09. The van der Waals surface area contributed by atoms with E-state index in [0.717, 1.165) is 37.7 Å². The number of carbonyl (C=O) groups excluding carboxylic acids is 1. The van der Waals surface area contributed by atoms with Crippen molar-refractivity contribution in [2.45, 2.75) is 19.8 Å². The fourth-order valence-corrected chi connectivity index (χ4v) is 3.08. The van der Waals surface area contributed by atoms with Gasteiger partial charge < -0.3 is 15.0 Å². The number of halogens is 1. The molecular formula is C18H21ClN4O2. The lowest BCUT2D eigenvalue weighted by atomic mass is 9.99. The molecule has 7 heteroatoms. The minimum absolute atomic E-state index is 0.296. The highest BCUT2D eigenvalue weighted by atomic mass is 35.5. The Hall–Kier alpha value is -2.34. The van der Waals surface area contributed by atoms with E-state index in [1.807, 2.05) is 0 Å². The molecule has 0 radical (unpaired) electrons. The van der Waals surface area contributed by atoms with Crippen LogP contribution in [0.4, 0.5) is 11.5 Å². The van der Waals surface area contributed by atoms with Crippen molar-refractivity contribution in [3.63, 3.8) is 0 Å². The van der Waals surface area contributed by atoms with Gasteiger partial charge in [-0.1, -0.05) is 18.5 Å². The van der Waals surface area contributed by atoms with Gasteiger partial charge in [-0.2, -0.15) is 0 Å². The van der Waals surface area contributed by atoms with Gasteiger partial charge in [0.2, 0.25) is 0 Å². The summed E-state index contributed by atoms with van der Waals surface area (Å²) in [6.45, 7) is 4.16. The van der Waals surface area contributed by atoms with E-state index in [4.69, 9.17) is 16.3 Å². The number of amides is 1. The van der Waals surface area contributed by atoms with Crippen molar-refractivity contribution in [2.24, 2.45) is 5.92 Å². The second-order valence-corrected chi connectivity index (χ2v) is 6.64. The summed E-state index contributed by atoms with van der Waals surface area (Å²) in [4.78, 5) is 23.1. The fourth-order valence-electron chi connectivity index (χ4n) is 2.82. The molecule has 0 saturated carbocycles.